The van der Waals surface area contributed by atoms with Crippen LogP contribution in [-0.2, 0) is 0 Å². The standard InChI is InChI=1S/C21H26N2O2S/c1-14(2)24-16-9-7-8-15(12-16)22-20(26)23-18-13-21(3,4)25-19-11-6-5-10-17(18)19/h5-12,14,18H,13H2,1-4H3,(H2,22,23,26)/t18-/m0/s1. The highest BCUT2D eigenvalue weighted by atomic mass is 32.1. The Hall–Kier alpha value is -2.27. The van der Waals surface area contributed by atoms with Crippen LogP contribution in [-0.4, -0.2) is 16.8 Å². The highest BCUT2D eigenvalue weighted by molar-refractivity contribution is 7.80. The minimum Gasteiger partial charge on any atom is -0.491 e. The van der Waals surface area contributed by atoms with E-state index in [-0.39, 0.29) is 17.7 Å². The fourth-order valence-corrected chi connectivity index (χ4v) is 3.44. The van der Waals surface area contributed by atoms with Crippen molar-refractivity contribution in [1.82, 2.24) is 5.32 Å². The predicted octanol–water partition coefficient (Wildman–Crippen LogP) is 5.06. The molecule has 0 fully saturated rings. The zero-order valence-corrected chi connectivity index (χ0v) is 16.5. The van der Waals surface area contributed by atoms with E-state index in [1.54, 1.807) is 0 Å². The molecule has 0 radical (unpaired) electrons. The number of nitrogens with one attached hydrogen (secondary N) is 2. The third-order valence-electron chi connectivity index (χ3n) is 4.15. The normalized spacial score (nSPS) is 17.8. The average Bonchev–Trinajstić information content (AvgIpc) is 2.53. The zero-order valence-electron chi connectivity index (χ0n) is 15.7. The highest BCUT2D eigenvalue weighted by Crippen LogP contribution is 2.39. The second kappa shape index (κ2) is 7.54. The summed E-state index contributed by atoms with van der Waals surface area (Å²) >= 11 is 5.55. The summed E-state index contributed by atoms with van der Waals surface area (Å²) in [6, 6.07) is 16.0. The van der Waals surface area contributed by atoms with Crippen LogP contribution < -0.4 is 20.1 Å². The highest BCUT2D eigenvalue weighted by Gasteiger charge is 2.33. The molecule has 0 bridgehead atoms. The van der Waals surface area contributed by atoms with E-state index in [1.165, 1.54) is 0 Å². The number of benzene rings is 2. The number of rotatable bonds is 4. The molecular weight excluding hydrogens is 344 g/mol. The lowest BCUT2D eigenvalue weighted by Crippen LogP contribution is -2.42. The number of ether oxygens (including phenoxy) is 2. The Kier molecular flexibility index (Phi) is 5.37. The van der Waals surface area contributed by atoms with Gasteiger partial charge in [-0.25, -0.2) is 0 Å². The van der Waals surface area contributed by atoms with Gasteiger partial charge in [0.25, 0.3) is 0 Å². The topological polar surface area (TPSA) is 42.5 Å². The summed E-state index contributed by atoms with van der Waals surface area (Å²) in [4.78, 5) is 0. The van der Waals surface area contributed by atoms with Crippen LogP contribution >= 0.6 is 12.2 Å². The summed E-state index contributed by atoms with van der Waals surface area (Å²) in [5.74, 6) is 1.74. The number of fused-ring (bicyclic) bond motifs is 1. The lowest BCUT2D eigenvalue weighted by molar-refractivity contribution is 0.0697. The van der Waals surface area contributed by atoms with E-state index in [2.05, 4.69) is 30.5 Å². The van der Waals surface area contributed by atoms with Crippen molar-refractivity contribution in [2.24, 2.45) is 0 Å². The summed E-state index contributed by atoms with van der Waals surface area (Å²) in [5.41, 5.74) is 1.79. The van der Waals surface area contributed by atoms with Crippen LogP contribution in [0.3, 0.4) is 0 Å². The molecule has 5 heteroatoms. The second-order valence-electron chi connectivity index (χ2n) is 7.45. The molecular formula is C21H26N2O2S. The molecule has 0 spiro atoms. The first-order valence-electron chi connectivity index (χ1n) is 8.94. The lowest BCUT2D eigenvalue weighted by Gasteiger charge is -2.38. The van der Waals surface area contributed by atoms with E-state index in [0.29, 0.717) is 5.11 Å². The Bertz CT molecular complexity index is 789. The number of para-hydroxylation sites is 1. The Labute approximate surface area is 160 Å². The Morgan fingerprint density at radius 2 is 1.96 bits per heavy atom. The molecule has 0 unspecified atom stereocenters. The van der Waals surface area contributed by atoms with Gasteiger partial charge in [0.1, 0.15) is 17.1 Å². The first-order valence-corrected chi connectivity index (χ1v) is 9.35. The van der Waals surface area contributed by atoms with Crippen molar-refractivity contribution in [3.8, 4) is 11.5 Å². The molecule has 2 aromatic rings. The van der Waals surface area contributed by atoms with Crippen LogP contribution in [0.1, 0.15) is 45.7 Å². The summed E-state index contributed by atoms with van der Waals surface area (Å²) in [7, 11) is 0. The van der Waals surface area contributed by atoms with Crippen LogP contribution in [0, 0.1) is 0 Å². The fraction of sp³-hybridized carbons (Fsp3) is 0.381. The van der Waals surface area contributed by atoms with Gasteiger partial charge < -0.3 is 20.1 Å². The zero-order chi connectivity index (χ0) is 18.7. The molecule has 1 aliphatic rings. The minimum atomic E-state index is -0.243. The number of hydrogen-bond donors (Lipinski definition) is 2. The SMILES string of the molecule is CC(C)Oc1cccc(NC(=S)N[C@H]2CC(C)(C)Oc3ccccc32)c1. The van der Waals surface area contributed by atoms with Crippen LogP contribution in [0.25, 0.3) is 0 Å². The summed E-state index contributed by atoms with van der Waals surface area (Å²) in [6.07, 6.45) is 0.971. The van der Waals surface area contributed by atoms with Crippen molar-refractivity contribution in [1.29, 1.82) is 0 Å². The maximum Gasteiger partial charge on any atom is 0.171 e. The van der Waals surface area contributed by atoms with Gasteiger partial charge >= 0.3 is 0 Å². The molecule has 0 aliphatic carbocycles. The van der Waals surface area contributed by atoms with Crippen molar-refractivity contribution < 1.29 is 9.47 Å². The fourth-order valence-electron chi connectivity index (χ4n) is 3.18. The third-order valence-corrected chi connectivity index (χ3v) is 4.37. The van der Waals surface area contributed by atoms with E-state index in [9.17, 15) is 0 Å². The predicted molar refractivity (Wildman–Crippen MR) is 110 cm³/mol. The molecule has 0 saturated heterocycles. The molecule has 1 atom stereocenters. The molecule has 26 heavy (non-hydrogen) atoms. The molecule has 1 aliphatic heterocycles. The second-order valence-corrected chi connectivity index (χ2v) is 7.86. The monoisotopic (exact) mass is 370 g/mol. The Morgan fingerprint density at radius 1 is 1.19 bits per heavy atom. The van der Waals surface area contributed by atoms with Crippen LogP contribution in [0.15, 0.2) is 48.5 Å². The molecule has 1 heterocycles. The van der Waals surface area contributed by atoms with E-state index >= 15 is 0 Å². The summed E-state index contributed by atoms with van der Waals surface area (Å²) < 4.78 is 11.8. The maximum atomic E-state index is 6.08. The average molecular weight is 371 g/mol. The van der Waals surface area contributed by atoms with Gasteiger partial charge in [-0.2, -0.15) is 0 Å². The lowest BCUT2D eigenvalue weighted by atomic mass is 9.90. The smallest absolute Gasteiger partial charge is 0.171 e. The van der Waals surface area contributed by atoms with Crippen LogP contribution in [0.2, 0.25) is 0 Å². The molecule has 0 amide bonds. The van der Waals surface area contributed by atoms with E-state index in [1.807, 2.05) is 56.3 Å². The molecule has 0 aromatic heterocycles. The largest absolute Gasteiger partial charge is 0.491 e. The van der Waals surface area contributed by atoms with Crippen molar-refractivity contribution in [3.63, 3.8) is 0 Å². The van der Waals surface area contributed by atoms with Gasteiger partial charge in [0.15, 0.2) is 5.11 Å². The molecule has 3 rings (SSSR count). The maximum absolute atomic E-state index is 6.08. The third kappa shape index (κ3) is 4.67. The van der Waals surface area contributed by atoms with Gasteiger partial charge in [0.05, 0.1) is 12.1 Å². The number of hydrogen-bond acceptors (Lipinski definition) is 3. The van der Waals surface area contributed by atoms with Gasteiger partial charge in [-0.05, 0) is 58.1 Å². The first-order chi connectivity index (χ1) is 12.3. The van der Waals surface area contributed by atoms with Gasteiger partial charge in [-0.3, -0.25) is 0 Å². The van der Waals surface area contributed by atoms with Gasteiger partial charge in [-0.1, -0.05) is 24.3 Å². The summed E-state index contributed by atoms with van der Waals surface area (Å²) in [5, 5.41) is 7.29. The minimum absolute atomic E-state index is 0.102. The van der Waals surface area contributed by atoms with E-state index in [4.69, 9.17) is 21.7 Å². The Morgan fingerprint density at radius 3 is 2.73 bits per heavy atom. The molecule has 2 N–H and O–H groups in total. The number of thiocarbonyl (C=S) groups is 1. The van der Waals surface area contributed by atoms with Crippen molar-refractivity contribution in [2.45, 2.75) is 51.9 Å². The summed E-state index contributed by atoms with van der Waals surface area (Å²) in [6.45, 7) is 8.22. The van der Waals surface area contributed by atoms with Crippen molar-refractivity contribution in [3.05, 3.63) is 54.1 Å². The van der Waals surface area contributed by atoms with Gasteiger partial charge in [0, 0.05) is 23.7 Å². The van der Waals surface area contributed by atoms with E-state index in [0.717, 1.165) is 29.2 Å². The van der Waals surface area contributed by atoms with Gasteiger partial charge in [-0.15, -0.1) is 0 Å². The first kappa shape index (κ1) is 18.5. The molecule has 138 valence electrons. The van der Waals surface area contributed by atoms with Crippen LogP contribution in [0.5, 0.6) is 11.5 Å². The quantitative estimate of drug-likeness (QED) is 0.736. The van der Waals surface area contributed by atoms with Crippen molar-refractivity contribution >= 4 is 23.0 Å². The molecule has 4 nitrogen and oxygen atoms in total. The van der Waals surface area contributed by atoms with Gasteiger partial charge in [0.2, 0.25) is 0 Å². The molecule has 0 saturated carbocycles. The Balaban J connectivity index is 1.70. The van der Waals surface area contributed by atoms with E-state index < -0.39 is 0 Å². The number of anilines is 1. The molecule has 2 aromatic carbocycles. The van der Waals surface area contributed by atoms with Crippen LogP contribution in [0.4, 0.5) is 5.69 Å². The van der Waals surface area contributed by atoms with Crippen molar-refractivity contribution in [2.75, 3.05) is 5.32 Å².